The molecule has 154 valence electrons. The van der Waals surface area contributed by atoms with Crippen LogP contribution in [0.4, 0.5) is 4.39 Å². The largest absolute Gasteiger partial charge is 0.296 e. The van der Waals surface area contributed by atoms with Gasteiger partial charge in [-0.1, -0.05) is 12.1 Å². The highest BCUT2D eigenvalue weighted by Gasteiger charge is 2.30. The molecule has 0 aliphatic carbocycles. The first-order valence-electron chi connectivity index (χ1n) is 9.49. The number of nitrogens with zero attached hydrogens (tertiary/aromatic N) is 5. The van der Waals surface area contributed by atoms with Gasteiger partial charge in [0.05, 0.1) is 17.2 Å². The molecule has 3 heterocycles. The maximum Gasteiger partial charge on any atom is 0.245 e. The number of benzene rings is 2. The molecule has 1 fully saturated rings. The summed E-state index contributed by atoms with van der Waals surface area (Å²) in [4.78, 5) is 6.72. The smallest absolute Gasteiger partial charge is 0.245 e. The maximum absolute atomic E-state index is 14.0. The number of rotatable bonds is 4. The van der Waals surface area contributed by atoms with Gasteiger partial charge in [0.15, 0.2) is 0 Å². The van der Waals surface area contributed by atoms with E-state index in [1.54, 1.807) is 30.5 Å². The van der Waals surface area contributed by atoms with Crippen LogP contribution in [0.5, 0.6) is 0 Å². The van der Waals surface area contributed by atoms with Gasteiger partial charge < -0.3 is 0 Å². The number of hydrogen-bond donors (Lipinski definition) is 0. The summed E-state index contributed by atoms with van der Waals surface area (Å²) < 4.78 is 50.1. The summed E-state index contributed by atoms with van der Waals surface area (Å²) in [5.41, 5.74) is 2.59. The van der Waals surface area contributed by atoms with Crippen LogP contribution < -0.4 is 0 Å². The molecule has 30 heavy (non-hydrogen) atoms. The maximum atomic E-state index is 14.0. The highest BCUT2D eigenvalue weighted by molar-refractivity contribution is 7.89. The van der Waals surface area contributed by atoms with E-state index in [1.165, 1.54) is 16.4 Å². The molecule has 0 unspecified atom stereocenters. The standard InChI is InChI=1S/C20H18FN5O2S2/c21-16-11-14-3-2-6-22-19(14)15(12-16)13-25-7-9-26(10-8-25)30(27,28)18-5-1-4-17-20(18)24-29-23-17/h1-6,11-12H,7-10,13H2. The highest BCUT2D eigenvalue weighted by Crippen LogP contribution is 2.26. The van der Waals surface area contributed by atoms with Gasteiger partial charge in [-0.3, -0.25) is 9.88 Å². The third-order valence-electron chi connectivity index (χ3n) is 5.34. The Morgan fingerprint density at radius 2 is 1.83 bits per heavy atom. The van der Waals surface area contributed by atoms with Crippen molar-refractivity contribution in [3.63, 3.8) is 0 Å². The second kappa shape index (κ2) is 7.62. The Labute approximate surface area is 177 Å². The second-order valence-electron chi connectivity index (χ2n) is 7.21. The van der Waals surface area contributed by atoms with Crippen molar-refractivity contribution in [2.75, 3.05) is 26.2 Å². The highest BCUT2D eigenvalue weighted by atomic mass is 32.2. The number of halogens is 1. The van der Waals surface area contributed by atoms with Gasteiger partial charge in [-0.25, -0.2) is 12.8 Å². The Hall–Kier alpha value is -2.53. The lowest BCUT2D eigenvalue weighted by Gasteiger charge is -2.34. The zero-order chi connectivity index (χ0) is 20.7. The van der Waals surface area contributed by atoms with E-state index in [0.717, 1.165) is 28.2 Å². The molecule has 7 nitrogen and oxygen atoms in total. The lowest BCUT2D eigenvalue weighted by Crippen LogP contribution is -2.48. The molecule has 0 N–H and O–H groups in total. The summed E-state index contributed by atoms with van der Waals surface area (Å²) in [6.07, 6.45) is 1.70. The summed E-state index contributed by atoms with van der Waals surface area (Å²) in [6.45, 7) is 2.34. The van der Waals surface area contributed by atoms with Crippen molar-refractivity contribution in [1.82, 2.24) is 22.9 Å². The van der Waals surface area contributed by atoms with E-state index in [9.17, 15) is 12.8 Å². The second-order valence-corrected chi connectivity index (χ2v) is 9.64. The molecule has 0 saturated carbocycles. The number of aromatic nitrogens is 3. The van der Waals surface area contributed by atoms with Crippen LogP contribution in [-0.4, -0.2) is 57.5 Å². The van der Waals surface area contributed by atoms with Crippen molar-refractivity contribution in [2.45, 2.75) is 11.4 Å². The van der Waals surface area contributed by atoms with Gasteiger partial charge in [0.1, 0.15) is 21.7 Å². The molecule has 0 spiro atoms. The fourth-order valence-corrected chi connectivity index (χ4v) is 6.02. The molecule has 2 aromatic heterocycles. The molecule has 0 atom stereocenters. The molecule has 2 aromatic carbocycles. The van der Waals surface area contributed by atoms with Crippen LogP contribution in [0.25, 0.3) is 21.9 Å². The minimum Gasteiger partial charge on any atom is -0.296 e. The van der Waals surface area contributed by atoms with Crippen molar-refractivity contribution < 1.29 is 12.8 Å². The number of sulfonamides is 1. The Morgan fingerprint density at radius 1 is 1.00 bits per heavy atom. The van der Waals surface area contributed by atoms with Crippen LogP contribution in [-0.2, 0) is 16.6 Å². The van der Waals surface area contributed by atoms with Gasteiger partial charge in [-0.05, 0) is 35.9 Å². The SMILES string of the molecule is O=S(=O)(c1cccc2nsnc12)N1CCN(Cc2cc(F)cc3cccnc23)CC1. The molecule has 0 amide bonds. The molecule has 0 radical (unpaired) electrons. The van der Waals surface area contributed by atoms with Crippen molar-refractivity contribution in [1.29, 1.82) is 0 Å². The average Bonchev–Trinajstić information content (AvgIpc) is 3.23. The number of pyridine rings is 1. The first kappa shape index (κ1) is 19.4. The predicted molar refractivity (Wildman–Crippen MR) is 113 cm³/mol. The van der Waals surface area contributed by atoms with Gasteiger partial charge >= 0.3 is 0 Å². The number of piperazine rings is 1. The quantitative estimate of drug-likeness (QED) is 0.483. The number of fused-ring (bicyclic) bond motifs is 2. The predicted octanol–water partition coefficient (Wildman–Crippen LogP) is 2.89. The molecule has 10 heteroatoms. The van der Waals surface area contributed by atoms with E-state index in [-0.39, 0.29) is 10.7 Å². The summed E-state index contributed by atoms with van der Waals surface area (Å²) in [7, 11) is -3.66. The van der Waals surface area contributed by atoms with E-state index >= 15 is 0 Å². The Kier molecular flexibility index (Phi) is 4.94. The Morgan fingerprint density at radius 3 is 2.67 bits per heavy atom. The molecule has 1 aliphatic rings. The van der Waals surface area contributed by atoms with E-state index in [1.807, 2.05) is 6.07 Å². The molecule has 0 bridgehead atoms. The van der Waals surface area contributed by atoms with Crippen LogP contribution in [0, 0.1) is 5.82 Å². The zero-order valence-electron chi connectivity index (χ0n) is 15.9. The fourth-order valence-electron chi connectivity index (χ4n) is 3.85. The Balaban J connectivity index is 1.34. The van der Waals surface area contributed by atoms with Crippen LogP contribution in [0.2, 0.25) is 0 Å². The lowest BCUT2D eigenvalue weighted by molar-refractivity contribution is 0.182. The summed E-state index contributed by atoms with van der Waals surface area (Å²) in [5.74, 6) is -0.295. The monoisotopic (exact) mass is 443 g/mol. The minimum absolute atomic E-state index is 0.197. The van der Waals surface area contributed by atoms with Crippen LogP contribution >= 0.6 is 11.7 Å². The summed E-state index contributed by atoms with van der Waals surface area (Å²) in [5, 5.41) is 0.763. The topological polar surface area (TPSA) is 79.3 Å². The third-order valence-corrected chi connectivity index (χ3v) is 7.81. The van der Waals surface area contributed by atoms with Gasteiger partial charge in [-0.2, -0.15) is 13.1 Å². The van der Waals surface area contributed by atoms with Crippen molar-refractivity contribution in [3.05, 3.63) is 60.0 Å². The fraction of sp³-hybridized carbons (Fsp3) is 0.250. The van der Waals surface area contributed by atoms with E-state index < -0.39 is 10.0 Å². The van der Waals surface area contributed by atoms with Gasteiger partial charge in [0.25, 0.3) is 0 Å². The molecular weight excluding hydrogens is 425 g/mol. The van der Waals surface area contributed by atoms with Crippen molar-refractivity contribution >= 4 is 43.7 Å². The van der Waals surface area contributed by atoms with E-state index in [4.69, 9.17) is 0 Å². The van der Waals surface area contributed by atoms with Crippen LogP contribution in [0.3, 0.4) is 0 Å². The summed E-state index contributed by atoms with van der Waals surface area (Å²) >= 11 is 1.01. The van der Waals surface area contributed by atoms with Crippen molar-refractivity contribution in [3.8, 4) is 0 Å². The van der Waals surface area contributed by atoms with Gasteiger partial charge in [0, 0.05) is 44.3 Å². The van der Waals surface area contributed by atoms with Crippen LogP contribution in [0.1, 0.15) is 5.56 Å². The zero-order valence-corrected chi connectivity index (χ0v) is 17.5. The molecule has 5 rings (SSSR count). The normalized spacial score (nSPS) is 16.4. The van der Waals surface area contributed by atoms with Gasteiger partial charge in [0.2, 0.25) is 10.0 Å². The number of hydrogen-bond acceptors (Lipinski definition) is 7. The Bertz CT molecular complexity index is 1330. The first-order valence-corrected chi connectivity index (χ1v) is 11.7. The minimum atomic E-state index is -3.66. The van der Waals surface area contributed by atoms with E-state index in [2.05, 4.69) is 18.6 Å². The van der Waals surface area contributed by atoms with Gasteiger partial charge in [-0.15, -0.1) is 0 Å². The molecular formula is C20H18FN5O2S2. The molecule has 1 saturated heterocycles. The molecule has 1 aliphatic heterocycles. The summed E-state index contributed by atoms with van der Waals surface area (Å²) in [6, 6.07) is 11.6. The van der Waals surface area contributed by atoms with Crippen molar-refractivity contribution in [2.24, 2.45) is 0 Å². The molecule has 4 aromatic rings. The van der Waals surface area contributed by atoms with E-state index in [0.29, 0.717) is 43.8 Å². The first-order chi connectivity index (χ1) is 14.5. The van der Waals surface area contributed by atoms with Crippen LogP contribution in [0.15, 0.2) is 53.6 Å². The average molecular weight is 444 g/mol. The lowest BCUT2D eigenvalue weighted by atomic mass is 10.1. The third kappa shape index (κ3) is 3.45.